The zero-order chi connectivity index (χ0) is 14.6. The number of pyridine rings is 2. The SMILES string of the molecule is Nc1cc(-c2c[nH]c3ncc(F)cc23)c2cncn2c1F. The van der Waals surface area contributed by atoms with Gasteiger partial charge in [-0.1, -0.05) is 0 Å². The van der Waals surface area contributed by atoms with Gasteiger partial charge in [-0.2, -0.15) is 4.39 Å². The van der Waals surface area contributed by atoms with Gasteiger partial charge >= 0.3 is 0 Å². The van der Waals surface area contributed by atoms with Gasteiger partial charge in [0.05, 0.1) is 23.6 Å². The van der Waals surface area contributed by atoms with Crippen LogP contribution in [-0.4, -0.2) is 19.4 Å². The number of H-pyrrole nitrogens is 1. The van der Waals surface area contributed by atoms with Gasteiger partial charge < -0.3 is 10.7 Å². The van der Waals surface area contributed by atoms with E-state index in [0.717, 1.165) is 6.20 Å². The molecule has 3 N–H and O–H groups in total. The normalized spacial score (nSPS) is 11.5. The van der Waals surface area contributed by atoms with E-state index in [1.807, 2.05) is 0 Å². The number of anilines is 1. The maximum absolute atomic E-state index is 13.9. The van der Waals surface area contributed by atoms with Crippen molar-refractivity contribution in [3.8, 4) is 11.1 Å². The highest BCUT2D eigenvalue weighted by Crippen LogP contribution is 2.33. The van der Waals surface area contributed by atoms with Crippen LogP contribution in [0.15, 0.2) is 37.1 Å². The van der Waals surface area contributed by atoms with Gasteiger partial charge in [-0.25, -0.2) is 14.4 Å². The number of nitrogens with zero attached hydrogens (tertiary/aromatic N) is 3. The second kappa shape index (κ2) is 4.02. The number of halogens is 2. The minimum Gasteiger partial charge on any atom is -0.395 e. The van der Waals surface area contributed by atoms with Crippen molar-refractivity contribution < 1.29 is 8.78 Å². The second-order valence-corrected chi connectivity index (χ2v) is 4.71. The number of aromatic amines is 1. The van der Waals surface area contributed by atoms with Crippen LogP contribution in [0.25, 0.3) is 27.7 Å². The molecule has 0 aliphatic heterocycles. The molecule has 4 aromatic heterocycles. The predicted molar refractivity (Wildman–Crippen MR) is 74.6 cm³/mol. The zero-order valence-corrected chi connectivity index (χ0v) is 10.6. The van der Waals surface area contributed by atoms with E-state index in [9.17, 15) is 8.78 Å². The van der Waals surface area contributed by atoms with Crippen molar-refractivity contribution in [3.05, 3.63) is 48.8 Å². The Labute approximate surface area is 117 Å². The highest BCUT2D eigenvalue weighted by molar-refractivity contribution is 5.98. The summed E-state index contributed by atoms with van der Waals surface area (Å²) in [5.74, 6) is -1.02. The smallest absolute Gasteiger partial charge is 0.222 e. The topological polar surface area (TPSA) is 72.0 Å². The average Bonchev–Trinajstić information content (AvgIpc) is 3.09. The molecule has 0 radical (unpaired) electrons. The first-order chi connectivity index (χ1) is 10.1. The molecule has 0 fully saturated rings. The lowest BCUT2D eigenvalue weighted by Crippen LogP contribution is -1.99. The molecule has 7 heteroatoms. The Kier molecular flexibility index (Phi) is 2.26. The molecule has 0 spiro atoms. The van der Waals surface area contributed by atoms with E-state index in [4.69, 9.17) is 5.73 Å². The molecule has 21 heavy (non-hydrogen) atoms. The number of hydrogen-bond acceptors (Lipinski definition) is 3. The molecule has 0 amide bonds. The monoisotopic (exact) mass is 285 g/mol. The predicted octanol–water partition coefficient (Wildman–Crippen LogP) is 2.74. The molecule has 0 bridgehead atoms. The van der Waals surface area contributed by atoms with Crippen molar-refractivity contribution >= 4 is 22.2 Å². The van der Waals surface area contributed by atoms with Crippen molar-refractivity contribution in [1.82, 2.24) is 19.4 Å². The van der Waals surface area contributed by atoms with E-state index >= 15 is 0 Å². The average molecular weight is 285 g/mol. The fourth-order valence-electron chi connectivity index (χ4n) is 2.50. The van der Waals surface area contributed by atoms with Crippen molar-refractivity contribution in [2.24, 2.45) is 0 Å². The number of nitrogen functional groups attached to an aromatic ring is 1. The summed E-state index contributed by atoms with van der Waals surface area (Å²) in [5, 5.41) is 0.601. The van der Waals surface area contributed by atoms with Gasteiger partial charge in [0.1, 0.15) is 17.8 Å². The summed E-state index contributed by atoms with van der Waals surface area (Å²) in [6, 6.07) is 2.89. The summed E-state index contributed by atoms with van der Waals surface area (Å²) in [6.45, 7) is 0. The maximum atomic E-state index is 13.9. The Morgan fingerprint density at radius 2 is 2.00 bits per heavy atom. The van der Waals surface area contributed by atoms with Gasteiger partial charge in [-0.15, -0.1) is 0 Å². The number of nitrogens with two attached hydrogens (primary N) is 1. The van der Waals surface area contributed by atoms with Crippen LogP contribution < -0.4 is 5.73 Å². The van der Waals surface area contributed by atoms with Crippen LogP contribution >= 0.6 is 0 Å². The van der Waals surface area contributed by atoms with Crippen LogP contribution in [0.3, 0.4) is 0 Å². The lowest BCUT2D eigenvalue weighted by Gasteiger charge is -2.07. The van der Waals surface area contributed by atoms with E-state index < -0.39 is 11.8 Å². The summed E-state index contributed by atoms with van der Waals surface area (Å²) in [7, 11) is 0. The fourth-order valence-corrected chi connectivity index (χ4v) is 2.50. The number of imidazole rings is 1. The standard InChI is InChI=1S/C14H9F2N5/c15-7-1-9-10(4-20-14(9)19-3-7)8-2-11(17)13(16)21-6-18-5-12(8)21/h1-6H,17H2,(H,19,20). The summed E-state index contributed by atoms with van der Waals surface area (Å²) in [4.78, 5) is 10.9. The first-order valence-corrected chi connectivity index (χ1v) is 6.18. The molecule has 0 atom stereocenters. The quantitative estimate of drug-likeness (QED) is 0.528. The molecule has 4 rings (SSSR count). The molecule has 0 saturated heterocycles. The first-order valence-electron chi connectivity index (χ1n) is 6.18. The number of nitrogens with one attached hydrogen (secondary N) is 1. The molecule has 4 aromatic rings. The molecule has 0 aliphatic rings. The number of fused-ring (bicyclic) bond motifs is 2. The number of aromatic nitrogens is 4. The maximum Gasteiger partial charge on any atom is 0.222 e. The summed E-state index contributed by atoms with van der Waals surface area (Å²) in [5.41, 5.74) is 8.14. The molecule has 0 saturated carbocycles. The van der Waals surface area contributed by atoms with Gasteiger partial charge in [-0.3, -0.25) is 4.40 Å². The molecular formula is C14H9F2N5. The molecular weight excluding hydrogens is 276 g/mol. The van der Waals surface area contributed by atoms with E-state index in [1.165, 1.54) is 29.1 Å². The molecule has 0 aromatic carbocycles. The number of hydrogen-bond donors (Lipinski definition) is 2. The van der Waals surface area contributed by atoms with E-state index in [-0.39, 0.29) is 5.69 Å². The van der Waals surface area contributed by atoms with Crippen molar-refractivity contribution in [2.75, 3.05) is 5.73 Å². The van der Waals surface area contributed by atoms with Crippen molar-refractivity contribution in [3.63, 3.8) is 0 Å². The summed E-state index contributed by atoms with van der Waals surface area (Å²) < 4.78 is 28.6. The molecule has 4 heterocycles. The van der Waals surface area contributed by atoms with Crippen LogP contribution in [0.2, 0.25) is 0 Å². The largest absolute Gasteiger partial charge is 0.395 e. The molecule has 104 valence electrons. The minimum atomic E-state index is -0.574. The highest BCUT2D eigenvalue weighted by atomic mass is 19.1. The second-order valence-electron chi connectivity index (χ2n) is 4.71. The zero-order valence-electron chi connectivity index (χ0n) is 10.6. The molecule has 0 unspecified atom stereocenters. The van der Waals surface area contributed by atoms with Gasteiger partial charge in [0, 0.05) is 22.7 Å². The Morgan fingerprint density at radius 1 is 1.14 bits per heavy atom. The van der Waals surface area contributed by atoms with Crippen LogP contribution in [0.4, 0.5) is 14.5 Å². The van der Waals surface area contributed by atoms with E-state index in [0.29, 0.717) is 27.7 Å². The lowest BCUT2D eigenvalue weighted by atomic mass is 10.1. The van der Waals surface area contributed by atoms with E-state index in [2.05, 4.69) is 15.0 Å². The van der Waals surface area contributed by atoms with Gasteiger partial charge in [0.25, 0.3) is 0 Å². The highest BCUT2D eigenvalue weighted by Gasteiger charge is 2.15. The third-order valence-corrected chi connectivity index (χ3v) is 3.45. The Morgan fingerprint density at radius 3 is 2.86 bits per heavy atom. The fraction of sp³-hybridized carbons (Fsp3) is 0. The first kappa shape index (κ1) is 11.8. The van der Waals surface area contributed by atoms with Crippen molar-refractivity contribution in [2.45, 2.75) is 0 Å². The summed E-state index contributed by atoms with van der Waals surface area (Å²) >= 11 is 0. The minimum absolute atomic E-state index is 0.00536. The van der Waals surface area contributed by atoms with Crippen molar-refractivity contribution in [1.29, 1.82) is 0 Å². The summed E-state index contributed by atoms with van der Waals surface area (Å²) in [6.07, 6.45) is 5.70. The van der Waals surface area contributed by atoms with E-state index in [1.54, 1.807) is 6.20 Å². The lowest BCUT2D eigenvalue weighted by molar-refractivity contribution is 0.572. The van der Waals surface area contributed by atoms with Crippen LogP contribution in [0.5, 0.6) is 0 Å². The number of rotatable bonds is 1. The molecule has 5 nitrogen and oxygen atoms in total. The third kappa shape index (κ3) is 1.60. The Bertz CT molecular complexity index is 986. The van der Waals surface area contributed by atoms with Crippen LogP contribution in [0.1, 0.15) is 0 Å². The van der Waals surface area contributed by atoms with Gasteiger partial charge in [0.15, 0.2) is 0 Å². The van der Waals surface area contributed by atoms with Crippen LogP contribution in [0, 0.1) is 11.8 Å². The Hall–Kier alpha value is -2.96. The van der Waals surface area contributed by atoms with Gasteiger partial charge in [0.2, 0.25) is 5.95 Å². The van der Waals surface area contributed by atoms with Crippen LogP contribution in [-0.2, 0) is 0 Å². The third-order valence-electron chi connectivity index (χ3n) is 3.45. The van der Waals surface area contributed by atoms with Gasteiger partial charge in [-0.05, 0) is 12.1 Å². The Balaban J connectivity index is 2.11. The molecule has 0 aliphatic carbocycles.